The summed E-state index contributed by atoms with van der Waals surface area (Å²) in [6.45, 7) is 5.79. The van der Waals surface area contributed by atoms with Gasteiger partial charge in [0, 0.05) is 30.2 Å². The van der Waals surface area contributed by atoms with Gasteiger partial charge in [0.25, 0.3) is 0 Å². The van der Waals surface area contributed by atoms with Crippen LogP contribution in [0.25, 0.3) is 10.9 Å². The first-order valence-electron chi connectivity index (χ1n) is 10.6. The van der Waals surface area contributed by atoms with Crippen molar-refractivity contribution in [1.29, 1.82) is 0 Å². The smallest absolute Gasteiger partial charge is 0.246 e. The Kier molecular flexibility index (Phi) is 6.00. The van der Waals surface area contributed by atoms with Crippen molar-refractivity contribution < 1.29 is 22.5 Å². The zero-order valence-corrected chi connectivity index (χ0v) is 19.5. The number of nitrogens with one attached hydrogen (secondary N) is 2. The summed E-state index contributed by atoms with van der Waals surface area (Å²) in [5, 5.41) is 4.82. The van der Waals surface area contributed by atoms with Gasteiger partial charge in [-0.1, -0.05) is 5.16 Å². The maximum atomic E-state index is 12.9. The van der Waals surface area contributed by atoms with Gasteiger partial charge in [0.15, 0.2) is 5.76 Å². The number of aromatic nitrogens is 2. The van der Waals surface area contributed by atoms with Crippen molar-refractivity contribution in [3.05, 3.63) is 41.4 Å². The number of amides is 1. The third kappa shape index (κ3) is 4.12. The summed E-state index contributed by atoms with van der Waals surface area (Å²) in [5.74, 6) is 1.09. The fourth-order valence-corrected chi connectivity index (χ4v) is 6.00. The molecule has 0 unspecified atom stereocenters. The number of piperidine rings is 1. The van der Waals surface area contributed by atoms with Crippen LogP contribution in [-0.2, 0) is 14.8 Å². The van der Waals surface area contributed by atoms with Gasteiger partial charge >= 0.3 is 0 Å². The number of carbonyl (C=O) groups is 1. The Morgan fingerprint density at radius 2 is 2.03 bits per heavy atom. The molecule has 2 aromatic heterocycles. The van der Waals surface area contributed by atoms with Crippen molar-refractivity contribution >= 4 is 26.8 Å². The number of methoxy groups -OCH3 is 1. The van der Waals surface area contributed by atoms with Crippen LogP contribution in [0.15, 0.2) is 33.8 Å². The lowest BCUT2D eigenvalue weighted by molar-refractivity contribution is -0.133. The van der Waals surface area contributed by atoms with Crippen molar-refractivity contribution in [1.82, 2.24) is 19.8 Å². The second kappa shape index (κ2) is 8.59. The topological polar surface area (TPSA) is 118 Å². The van der Waals surface area contributed by atoms with Crippen LogP contribution in [0, 0.1) is 13.8 Å². The van der Waals surface area contributed by atoms with E-state index in [1.165, 1.54) is 12.5 Å². The second-order valence-electron chi connectivity index (χ2n) is 8.25. The van der Waals surface area contributed by atoms with Gasteiger partial charge in [-0.3, -0.25) is 4.79 Å². The van der Waals surface area contributed by atoms with Crippen LogP contribution in [0.2, 0.25) is 0 Å². The third-order valence-corrected chi connectivity index (χ3v) is 7.89. The molecule has 0 radical (unpaired) electrons. The summed E-state index contributed by atoms with van der Waals surface area (Å²) >= 11 is 0. The molecule has 0 spiro atoms. The minimum Gasteiger partial charge on any atom is -0.497 e. The summed E-state index contributed by atoms with van der Waals surface area (Å²) in [5.41, 5.74) is 2.55. The van der Waals surface area contributed by atoms with Crippen LogP contribution < -0.4 is 9.46 Å². The first-order valence-corrected chi connectivity index (χ1v) is 12.1. The van der Waals surface area contributed by atoms with E-state index in [1.54, 1.807) is 25.9 Å². The molecule has 9 nitrogen and oxygen atoms in total. The lowest BCUT2D eigenvalue weighted by atomic mass is 9.89. The number of nitrogens with zero attached hydrogens (tertiary/aromatic N) is 2. The summed E-state index contributed by atoms with van der Waals surface area (Å²) in [4.78, 5) is 18.0. The van der Waals surface area contributed by atoms with Gasteiger partial charge in [-0.15, -0.1) is 0 Å². The first kappa shape index (κ1) is 22.3. The molecule has 32 heavy (non-hydrogen) atoms. The van der Waals surface area contributed by atoms with Gasteiger partial charge < -0.3 is 19.1 Å². The lowest BCUT2D eigenvalue weighted by Gasteiger charge is -2.33. The van der Waals surface area contributed by atoms with E-state index >= 15 is 0 Å². The van der Waals surface area contributed by atoms with E-state index < -0.39 is 16.1 Å². The number of rotatable bonds is 6. The molecule has 1 aliphatic rings. The molecule has 172 valence electrons. The highest BCUT2D eigenvalue weighted by Crippen LogP contribution is 2.34. The largest absolute Gasteiger partial charge is 0.497 e. The van der Waals surface area contributed by atoms with E-state index in [2.05, 4.69) is 14.9 Å². The number of carbonyl (C=O) groups excluding carboxylic acids is 1. The summed E-state index contributed by atoms with van der Waals surface area (Å²) < 4.78 is 38.2. The predicted molar refractivity (Wildman–Crippen MR) is 119 cm³/mol. The van der Waals surface area contributed by atoms with Gasteiger partial charge in [-0.05, 0) is 63.3 Å². The summed E-state index contributed by atoms with van der Waals surface area (Å²) in [7, 11) is -2.26. The molecule has 0 bridgehead atoms. The van der Waals surface area contributed by atoms with Crippen molar-refractivity contribution in [2.75, 3.05) is 20.2 Å². The molecule has 2 N–H and O–H groups in total. The van der Waals surface area contributed by atoms with Crippen molar-refractivity contribution in [3.8, 4) is 5.75 Å². The average molecular weight is 461 g/mol. The van der Waals surface area contributed by atoms with Gasteiger partial charge in [0.2, 0.25) is 15.9 Å². The molecule has 0 aliphatic carbocycles. The number of ether oxygens (including phenoxy) is 1. The molecule has 1 amide bonds. The minimum absolute atomic E-state index is 0.00868. The number of H-pyrrole nitrogens is 1. The number of hydrogen-bond acceptors (Lipinski definition) is 6. The van der Waals surface area contributed by atoms with Crippen molar-refractivity contribution in [3.63, 3.8) is 0 Å². The van der Waals surface area contributed by atoms with Gasteiger partial charge in [-0.25, -0.2) is 8.42 Å². The fraction of sp³-hybridized carbons (Fsp3) is 0.455. The van der Waals surface area contributed by atoms with Crippen LogP contribution in [-0.4, -0.2) is 55.6 Å². The molecule has 10 heteroatoms. The SMILES string of the molecule is COc1ccc2[nH]cc(C3CCN(C(=O)[C@H](C)NS(=O)(=O)c4c(C)noc4C)CC3)c2c1. The van der Waals surface area contributed by atoms with Crippen molar-refractivity contribution in [2.45, 2.75) is 50.5 Å². The highest BCUT2D eigenvalue weighted by Gasteiger charge is 2.32. The fourth-order valence-electron chi connectivity index (χ4n) is 4.47. The number of benzene rings is 1. The molecular weight excluding hydrogens is 432 g/mol. The van der Waals surface area contributed by atoms with E-state index in [0.29, 0.717) is 19.0 Å². The number of aromatic amines is 1. The van der Waals surface area contributed by atoms with E-state index in [4.69, 9.17) is 9.26 Å². The maximum absolute atomic E-state index is 12.9. The number of likely N-dealkylation sites (tertiary alicyclic amines) is 1. The van der Waals surface area contributed by atoms with E-state index in [1.807, 2.05) is 24.4 Å². The van der Waals surface area contributed by atoms with Crippen LogP contribution in [0.1, 0.15) is 42.7 Å². The van der Waals surface area contributed by atoms with Gasteiger partial charge in [-0.2, -0.15) is 4.72 Å². The number of sulfonamides is 1. The Morgan fingerprint density at radius 3 is 2.66 bits per heavy atom. The molecule has 3 heterocycles. The molecule has 1 atom stereocenters. The molecule has 1 saturated heterocycles. The monoisotopic (exact) mass is 460 g/mol. The van der Waals surface area contributed by atoms with E-state index in [-0.39, 0.29) is 22.3 Å². The number of aryl methyl sites for hydroxylation is 2. The molecule has 1 aliphatic heterocycles. The molecule has 3 aromatic rings. The Bertz CT molecular complexity index is 1220. The molecule has 1 aromatic carbocycles. The Morgan fingerprint density at radius 1 is 1.31 bits per heavy atom. The third-order valence-electron chi connectivity index (χ3n) is 6.11. The average Bonchev–Trinajstić information content (AvgIpc) is 3.35. The quantitative estimate of drug-likeness (QED) is 0.584. The van der Waals surface area contributed by atoms with E-state index in [9.17, 15) is 13.2 Å². The molecule has 0 saturated carbocycles. The lowest BCUT2D eigenvalue weighted by Crippen LogP contribution is -2.49. The van der Waals surface area contributed by atoms with E-state index in [0.717, 1.165) is 29.5 Å². The highest BCUT2D eigenvalue weighted by atomic mass is 32.2. The summed E-state index contributed by atoms with van der Waals surface area (Å²) in [6, 6.07) is 5.07. The number of hydrogen-bond donors (Lipinski definition) is 2. The van der Waals surface area contributed by atoms with Gasteiger partial charge in [0.05, 0.1) is 13.2 Å². The zero-order valence-electron chi connectivity index (χ0n) is 18.6. The van der Waals surface area contributed by atoms with Crippen molar-refractivity contribution in [2.24, 2.45) is 0 Å². The summed E-state index contributed by atoms with van der Waals surface area (Å²) in [6.07, 6.45) is 3.64. The van der Waals surface area contributed by atoms with Gasteiger partial charge in [0.1, 0.15) is 16.3 Å². The van der Waals surface area contributed by atoms with Crippen LogP contribution in [0.5, 0.6) is 5.75 Å². The second-order valence-corrected chi connectivity index (χ2v) is 9.90. The molecule has 1 fully saturated rings. The Hall–Kier alpha value is -2.85. The molecule has 4 rings (SSSR count). The Balaban J connectivity index is 1.41. The minimum atomic E-state index is -3.91. The predicted octanol–water partition coefficient (Wildman–Crippen LogP) is 2.85. The van der Waals surface area contributed by atoms with Crippen LogP contribution >= 0.6 is 0 Å². The standard InChI is InChI=1S/C22H28N4O5S/c1-13-21(15(3)31-24-13)32(28,29)25-14(2)22(27)26-9-7-16(8-10-26)19-12-23-20-6-5-17(30-4)11-18(19)20/h5-6,11-12,14,16,23,25H,7-10H2,1-4H3/t14-/m0/s1. The first-order chi connectivity index (χ1) is 15.2. The molecular formula is C22H28N4O5S. The Labute approximate surface area is 187 Å². The normalized spacial score (nSPS) is 16.4. The van der Waals surface area contributed by atoms with Crippen LogP contribution in [0.3, 0.4) is 0 Å². The zero-order chi connectivity index (χ0) is 23.0. The highest BCUT2D eigenvalue weighted by molar-refractivity contribution is 7.89. The maximum Gasteiger partial charge on any atom is 0.246 e. The number of fused-ring (bicyclic) bond motifs is 1. The van der Waals surface area contributed by atoms with Crippen LogP contribution in [0.4, 0.5) is 0 Å².